The number of hydrogen-bond acceptors (Lipinski definition) is 5. The smallest absolute Gasteiger partial charge is 0.257 e. The number of thiophene rings is 1. The number of carbonyl (C=O) groups is 1. The third-order valence-electron chi connectivity index (χ3n) is 3.93. The van der Waals surface area contributed by atoms with Gasteiger partial charge in [-0.05, 0) is 29.6 Å². The molecular weight excluding hydrogens is 358 g/mol. The van der Waals surface area contributed by atoms with E-state index in [1.807, 2.05) is 29.6 Å². The number of halogens is 1. The fraction of sp³-hybridized carbons (Fsp3) is 0.167. The van der Waals surface area contributed by atoms with E-state index in [1.165, 1.54) is 0 Å². The van der Waals surface area contributed by atoms with Crippen LogP contribution in [0.1, 0.15) is 15.9 Å². The van der Waals surface area contributed by atoms with Crippen LogP contribution >= 0.6 is 22.9 Å². The minimum absolute atomic E-state index is 0.117. The molecule has 1 aliphatic rings. The molecule has 0 fully saturated rings. The molecule has 2 aromatic heterocycles. The third-order valence-corrected chi connectivity index (χ3v) is 5.03. The van der Waals surface area contributed by atoms with Crippen molar-refractivity contribution in [2.75, 3.05) is 13.2 Å². The summed E-state index contributed by atoms with van der Waals surface area (Å²) in [6, 6.07) is 9.36. The molecule has 3 heterocycles. The molecule has 1 aliphatic heterocycles. The Kier molecular flexibility index (Phi) is 4.38. The number of aromatic nitrogens is 2. The van der Waals surface area contributed by atoms with Gasteiger partial charge in [-0.3, -0.25) is 4.79 Å². The highest BCUT2D eigenvalue weighted by molar-refractivity contribution is 7.13. The minimum Gasteiger partial charge on any atom is -0.491 e. The molecule has 7 heteroatoms. The minimum atomic E-state index is -0.117. The van der Waals surface area contributed by atoms with Gasteiger partial charge in [0.1, 0.15) is 12.4 Å². The summed E-state index contributed by atoms with van der Waals surface area (Å²) in [5, 5.41) is 2.60. The molecule has 4 rings (SSSR count). The van der Waals surface area contributed by atoms with Gasteiger partial charge in [0.15, 0.2) is 5.82 Å². The van der Waals surface area contributed by atoms with Crippen molar-refractivity contribution >= 4 is 28.8 Å². The molecule has 5 nitrogen and oxygen atoms in total. The Morgan fingerprint density at radius 1 is 1.24 bits per heavy atom. The highest BCUT2D eigenvalue weighted by Crippen LogP contribution is 2.27. The van der Waals surface area contributed by atoms with Gasteiger partial charge < -0.3 is 9.64 Å². The number of nitrogens with zero attached hydrogens (tertiary/aromatic N) is 3. The normalized spacial score (nSPS) is 13.7. The van der Waals surface area contributed by atoms with E-state index < -0.39 is 0 Å². The van der Waals surface area contributed by atoms with E-state index in [-0.39, 0.29) is 5.91 Å². The summed E-state index contributed by atoms with van der Waals surface area (Å²) in [6.45, 7) is 1.38. The van der Waals surface area contributed by atoms with Crippen LogP contribution in [0.4, 0.5) is 0 Å². The summed E-state index contributed by atoms with van der Waals surface area (Å²) in [7, 11) is 0. The fourth-order valence-corrected chi connectivity index (χ4v) is 3.56. The largest absolute Gasteiger partial charge is 0.491 e. The molecule has 0 bridgehead atoms. The predicted molar refractivity (Wildman–Crippen MR) is 97.0 cm³/mol. The Bertz CT molecular complexity index is 897. The van der Waals surface area contributed by atoms with Crippen LogP contribution < -0.4 is 4.74 Å². The number of rotatable bonds is 2. The zero-order chi connectivity index (χ0) is 17.2. The van der Waals surface area contributed by atoms with Crippen LogP contribution in [0.3, 0.4) is 0 Å². The van der Waals surface area contributed by atoms with Gasteiger partial charge in [0, 0.05) is 29.5 Å². The lowest BCUT2D eigenvalue weighted by Crippen LogP contribution is -2.32. The second kappa shape index (κ2) is 6.82. The molecule has 0 saturated carbocycles. The summed E-state index contributed by atoms with van der Waals surface area (Å²) >= 11 is 7.63. The van der Waals surface area contributed by atoms with Crippen LogP contribution in [-0.2, 0) is 6.54 Å². The quantitative estimate of drug-likeness (QED) is 0.685. The molecule has 0 atom stereocenters. The number of carbonyl (C=O) groups excluding carboxylic acids is 1. The first-order valence-electron chi connectivity index (χ1n) is 7.77. The van der Waals surface area contributed by atoms with Crippen LogP contribution in [0.5, 0.6) is 5.75 Å². The SMILES string of the molecule is O=C(c1cnc(-c2cccs2)nc1)N1CCOc2ccc(Cl)cc2C1. The van der Waals surface area contributed by atoms with Gasteiger partial charge in [0.2, 0.25) is 0 Å². The number of amides is 1. The highest BCUT2D eigenvalue weighted by atomic mass is 35.5. The fourth-order valence-electron chi connectivity index (χ4n) is 2.69. The average Bonchev–Trinajstić information content (AvgIpc) is 3.09. The number of benzene rings is 1. The number of hydrogen-bond donors (Lipinski definition) is 0. The van der Waals surface area contributed by atoms with Gasteiger partial charge in [0.05, 0.1) is 17.0 Å². The average molecular weight is 372 g/mol. The zero-order valence-corrected chi connectivity index (χ0v) is 14.8. The molecular formula is C18H14ClN3O2S. The first kappa shape index (κ1) is 16.1. The van der Waals surface area contributed by atoms with Crippen molar-refractivity contribution < 1.29 is 9.53 Å². The van der Waals surface area contributed by atoms with Crippen LogP contribution in [-0.4, -0.2) is 33.9 Å². The van der Waals surface area contributed by atoms with E-state index in [1.54, 1.807) is 34.7 Å². The van der Waals surface area contributed by atoms with Crippen LogP contribution in [0.25, 0.3) is 10.7 Å². The van der Waals surface area contributed by atoms with Crippen molar-refractivity contribution in [2.45, 2.75) is 6.54 Å². The van der Waals surface area contributed by atoms with Gasteiger partial charge in [-0.2, -0.15) is 0 Å². The molecule has 1 amide bonds. The van der Waals surface area contributed by atoms with Crippen molar-refractivity contribution in [3.05, 3.63) is 64.3 Å². The predicted octanol–water partition coefficient (Wildman–Crippen LogP) is 3.89. The van der Waals surface area contributed by atoms with E-state index >= 15 is 0 Å². The van der Waals surface area contributed by atoms with Gasteiger partial charge in [-0.15, -0.1) is 11.3 Å². The molecule has 0 N–H and O–H groups in total. The maximum atomic E-state index is 12.8. The standard InChI is InChI=1S/C18H14ClN3O2S/c19-14-3-4-15-12(8-14)11-22(5-6-24-15)18(23)13-9-20-17(21-10-13)16-2-1-7-25-16/h1-4,7-10H,5-6,11H2. The summed E-state index contributed by atoms with van der Waals surface area (Å²) in [5.41, 5.74) is 1.36. The maximum Gasteiger partial charge on any atom is 0.257 e. The number of ether oxygens (including phenoxy) is 1. The molecule has 0 aliphatic carbocycles. The van der Waals surface area contributed by atoms with Crippen molar-refractivity contribution in [2.24, 2.45) is 0 Å². The molecule has 0 saturated heterocycles. The molecule has 3 aromatic rings. The van der Waals surface area contributed by atoms with Gasteiger partial charge in [0.25, 0.3) is 5.91 Å². The number of fused-ring (bicyclic) bond motifs is 1. The summed E-state index contributed by atoms with van der Waals surface area (Å²) < 4.78 is 5.71. The van der Waals surface area contributed by atoms with Crippen LogP contribution in [0, 0.1) is 0 Å². The van der Waals surface area contributed by atoms with Gasteiger partial charge in [-0.25, -0.2) is 9.97 Å². The second-order valence-electron chi connectivity index (χ2n) is 5.60. The van der Waals surface area contributed by atoms with Crippen LogP contribution in [0.15, 0.2) is 48.1 Å². The van der Waals surface area contributed by atoms with E-state index in [2.05, 4.69) is 9.97 Å². The molecule has 0 unspecified atom stereocenters. The second-order valence-corrected chi connectivity index (χ2v) is 6.98. The molecule has 25 heavy (non-hydrogen) atoms. The van der Waals surface area contributed by atoms with Crippen LogP contribution in [0.2, 0.25) is 5.02 Å². The Labute approximate surface area is 153 Å². The Morgan fingerprint density at radius 3 is 2.84 bits per heavy atom. The maximum absolute atomic E-state index is 12.8. The molecule has 0 spiro atoms. The van der Waals surface area contributed by atoms with Crippen molar-refractivity contribution in [1.82, 2.24) is 14.9 Å². The molecule has 126 valence electrons. The summed E-state index contributed by atoms with van der Waals surface area (Å²) in [4.78, 5) is 24.1. The van der Waals surface area contributed by atoms with E-state index in [0.717, 1.165) is 16.2 Å². The van der Waals surface area contributed by atoms with Crippen molar-refractivity contribution in [3.63, 3.8) is 0 Å². The lowest BCUT2D eigenvalue weighted by atomic mass is 10.2. The Morgan fingerprint density at radius 2 is 2.08 bits per heavy atom. The lowest BCUT2D eigenvalue weighted by molar-refractivity contribution is 0.0732. The van der Waals surface area contributed by atoms with E-state index in [0.29, 0.717) is 36.1 Å². The van der Waals surface area contributed by atoms with Crippen molar-refractivity contribution in [3.8, 4) is 16.5 Å². The molecule has 1 aromatic carbocycles. The van der Waals surface area contributed by atoms with Crippen molar-refractivity contribution in [1.29, 1.82) is 0 Å². The topological polar surface area (TPSA) is 55.3 Å². The molecule has 0 radical (unpaired) electrons. The van der Waals surface area contributed by atoms with Gasteiger partial charge in [-0.1, -0.05) is 17.7 Å². The first-order chi connectivity index (χ1) is 12.2. The monoisotopic (exact) mass is 371 g/mol. The van der Waals surface area contributed by atoms with E-state index in [9.17, 15) is 4.79 Å². The first-order valence-corrected chi connectivity index (χ1v) is 9.03. The summed E-state index contributed by atoms with van der Waals surface area (Å²) in [5.74, 6) is 1.28. The van der Waals surface area contributed by atoms with Gasteiger partial charge >= 0.3 is 0 Å². The third kappa shape index (κ3) is 3.36. The highest BCUT2D eigenvalue weighted by Gasteiger charge is 2.22. The summed E-state index contributed by atoms with van der Waals surface area (Å²) in [6.07, 6.45) is 3.16. The lowest BCUT2D eigenvalue weighted by Gasteiger charge is -2.19. The van der Waals surface area contributed by atoms with E-state index in [4.69, 9.17) is 16.3 Å². The Balaban J connectivity index is 1.56. The Hall–Kier alpha value is -2.44. The zero-order valence-electron chi connectivity index (χ0n) is 13.2.